The van der Waals surface area contributed by atoms with Crippen LogP contribution in [0.25, 0.3) is 17.1 Å². The van der Waals surface area contributed by atoms with Gasteiger partial charge in [0.25, 0.3) is 0 Å². The van der Waals surface area contributed by atoms with E-state index >= 15 is 0 Å². The Hall–Kier alpha value is -3.32. The molecule has 2 heterocycles. The van der Waals surface area contributed by atoms with Crippen LogP contribution < -0.4 is 9.47 Å². The van der Waals surface area contributed by atoms with Crippen molar-refractivity contribution in [1.82, 2.24) is 24.3 Å². The molecule has 0 amide bonds. The van der Waals surface area contributed by atoms with Crippen LogP contribution in [0.2, 0.25) is 5.02 Å². The zero-order valence-corrected chi connectivity index (χ0v) is 16.4. The molecule has 0 aliphatic carbocycles. The van der Waals surface area contributed by atoms with E-state index in [0.717, 1.165) is 16.9 Å². The van der Waals surface area contributed by atoms with E-state index < -0.39 is 0 Å². The monoisotopic (exact) mass is 395 g/mol. The largest absolute Gasteiger partial charge is 0.495 e. The summed E-state index contributed by atoms with van der Waals surface area (Å²) in [7, 11) is 3.40. The Morgan fingerprint density at radius 3 is 2.61 bits per heavy atom. The summed E-state index contributed by atoms with van der Waals surface area (Å²) in [4.78, 5) is 8.76. The Morgan fingerprint density at radius 1 is 1.07 bits per heavy atom. The smallest absolute Gasteiger partial charge is 0.320 e. The van der Waals surface area contributed by atoms with Crippen molar-refractivity contribution in [2.75, 3.05) is 7.11 Å². The third kappa shape index (κ3) is 3.44. The van der Waals surface area contributed by atoms with Crippen LogP contribution in [0.1, 0.15) is 5.69 Å². The number of rotatable bonds is 5. The number of benzene rings is 2. The summed E-state index contributed by atoms with van der Waals surface area (Å²) >= 11 is 6.16. The van der Waals surface area contributed by atoms with Crippen LogP contribution in [0.5, 0.6) is 17.5 Å². The molecular weight excluding hydrogens is 378 g/mol. The number of imidazole rings is 1. The highest BCUT2D eigenvalue weighted by Gasteiger charge is 2.15. The molecule has 0 fully saturated rings. The van der Waals surface area contributed by atoms with Crippen LogP contribution in [-0.4, -0.2) is 31.4 Å². The SMILES string of the molecule is COc1cc(-c2nc(Oc3ccccc3Cl)n(C)n2)ccc1-n1cnc(C)c1. The maximum atomic E-state index is 6.16. The van der Waals surface area contributed by atoms with E-state index in [4.69, 9.17) is 21.1 Å². The number of methoxy groups -OCH3 is 1. The van der Waals surface area contributed by atoms with Gasteiger partial charge in [-0.2, -0.15) is 4.98 Å². The number of para-hydroxylation sites is 1. The molecule has 0 aliphatic heterocycles. The lowest BCUT2D eigenvalue weighted by atomic mass is 10.1. The first-order valence-electron chi connectivity index (χ1n) is 8.58. The Labute approximate surface area is 167 Å². The van der Waals surface area contributed by atoms with Crippen molar-refractivity contribution in [3.8, 4) is 34.6 Å². The molecule has 2 aromatic carbocycles. The molecule has 0 saturated carbocycles. The molecule has 0 aliphatic rings. The summed E-state index contributed by atoms with van der Waals surface area (Å²) in [6.07, 6.45) is 3.69. The van der Waals surface area contributed by atoms with Crippen molar-refractivity contribution >= 4 is 11.6 Å². The first-order valence-corrected chi connectivity index (χ1v) is 8.96. The molecular formula is C20H18ClN5O2. The van der Waals surface area contributed by atoms with Gasteiger partial charge in [-0.15, -0.1) is 5.10 Å². The second kappa shape index (κ2) is 7.36. The second-order valence-electron chi connectivity index (χ2n) is 6.18. The lowest BCUT2D eigenvalue weighted by molar-refractivity contribution is 0.413. The van der Waals surface area contributed by atoms with Crippen LogP contribution in [0.4, 0.5) is 0 Å². The normalized spacial score (nSPS) is 10.9. The Balaban J connectivity index is 1.67. The van der Waals surface area contributed by atoms with E-state index in [1.165, 1.54) is 0 Å². The molecule has 0 unspecified atom stereocenters. The molecule has 28 heavy (non-hydrogen) atoms. The number of nitrogens with zero attached hydrogens (tertiary/aromatic N) is 5. The number of hydrogen-bond donors (Lipinski definition) is 0. The van der Waals surface area contributed by atoms with Gasteiger partial charge in [-0.25, -0.2) is 9.67 Å². The van der Waals surface area contributed by atoms with Gasteiger partial charge in [0.1, 0.15) is 11.5 Å². The molecule has 4 rings (SSSR count). The predicted octanol–water partition coefficient (Wildman–Crippen LogP) is 4.43. The van der Waals surface area contributed by atoms with Crippen LogP contribution in [0.3, 0.4) is 0 Å². The van der Waals surface area contributed by atoms with E-state index in [1.54, 1.807) is 37.3 Å². The Kier molecular flexibility index (Phi) is 4.75. The molecule has 0 atom stereocenters. The van der Waals surface area contributed by atoms with Gasteiger partial charge in [-0.3, -0.25) is 0 Å². The van der Waals surface area contributed by atoms with E-state index in [9.17, 15) is 0 Å². The second-order valence-corrected chi connectivity index (χ2v) is 6.59. The van der Waals surface area contributed by atoms with Gasteiger partial charge in [0.15, 0.2) is 5.82 Å². The molecule has 0 spiro atoms. The highest BCUT2D eigenvalue weighted by Crippen LogP contribution is 2.31. The Bertz CT molecular complexity index is 1140. The third-order valence-corrected chi connectivity index (χ3v) is 4.50. The molecule has 4 aromatic rings. The number of hydrogen-bond acceptors (Lipinski definition) is 5. The van der Waals surface area contributed by atoms with Crippen molar-refractivity contribution in [3.05, 3.63) is 65.7 Å². The maximum Gasteiger partial charge on any atom is 0.320 e. The first kappa shape index (κ1) is 18.1. The summed E-state index contributed by atoms with van der Waals surface area (Å²) in [6.45, 7) is 1.94. The fraction of sp³-hybridized carbons (Fsp3) is 0.150. The molecule has 8 heteroatoms. The van der Waals surface area contributed by atoms with E-state index in [1.807, 2.05) is 48.0 Å². The third-order valence-electron chi connectivity index (χ3n) is 4.19. The van der Waals surface area contributed by atoms with Crippen LogP contribution in [0.15, 0.2) is 55.0 Å². The molecule has 142 valence electrons. The summed E-state index contributed by atoms with van der Waals surface area (Å²) < 4.78 is 14.8. The molecule has 0 N–H and O–H groups in total. The van der Waals surface area contributed by atoms with Crippen LogP contribution in [0, 0.1) is 6.92 Å². The van der Waals surface area contributed by atoms with Gasteiger partial charge in [0.05, 0.1) is 29.8 Å². The maximum absolute atomic E-state index is 6.16. The predicted molar refractivity (Wildman–Crippen MR) is 106 cm³/mol. The van der Waals surface area contributed by atoms with Crippen LogP contribution in [-0.2, 0) is 7.05 Å². The molecule has 0 bridgehead atoms. The molecule has 0 saturated heterocycles. The first-order chi connectivity index (χ1) is 13.5. The molecule has 7 nitrogen and oxygen atoms in total. The fourth-order valence-corrected chi connectivity index (χ4v) is 2.96. The van der Waals surface area contributed by atoms with Crippen molar-refractivity contribution in [3.63, 3.8) is 0 Å². The van der Waals surface area contributed by atoms with Gasteiger partial charge in [0, 0.05) is 18.8 Å². The summed E-state index contributed by atoms with van der Waals surface area (Å²) in [6, 6.07) is 13.3. The highest BCUT2D eigenvalue weighted by molar-refractivity contribution is 6.32. The number of aromatic nitrogens is 5. The zero-order valence-electron chi connectivity index (χ0n) is 15.6. The average Bonchev–Trinajstić information content (AvgIpc) is 3.29. The van der Waals surface area contributed by atoms with Crippen LogP contribution >= 0.6 is 11.6 Å². The topological polar surface area (TPSA) is 67.0 Å². The summed E-state index contributed by atoms with van der Waals surface area (Å²) in [5.41, 5.74) is 2.62. The van der Waals surface area contributed by atoms with Gasteiger partial charge in [-0.05, 0) is 37.3 Å². The highest BCUT2D eigenvalue weighted by atomic mass is 35.5. The molecule has 0 radical (unpaired) electrons. The molecule has 2 aromatic heterocycles. The van der Waals surface area contributed by atoms with Gasteiger partial charge < -0.3 is 14.0 Å². The van der Waals surface area contributed by atoms with E-state index in [-0.39, 0.29) is 0 Å². The summed E-state index contributed by atoms with van der Waals surface area (Å²) in [5.74, 6) is 1.74. The van der Waals surface area contributed by atoms with Crippen molar-refractivity contribution < 1.29 is 9.47 Å². The summed E-state index contributed by atoms with van der Waals surface area (Å²) in [5, 5.41) is 4.96. The van der Waals surface area contributed by atoms with Crippen molar-refractivity contribution in [1.29, 1.82) is 0 Å². The average molecular weight is 396 g/mol. The number of halogens is 1. The van der Waals surface area contributed by atoms with Gasteiger partial charge in [0.2, 0.25) is 0 Å². The van der Waals surface area contributed by atoms with Gasteiger partial charge in [-0.1, -0.05) is 23.7 Å². The standard InChI is InChI=1S/C20H18ClN5O2/c1-13-11-26(12-22-13)16-9-8-14(10-18(16)27-3)19-23-20(25(2)24-19)28-17-7-5-4-6-15(17)21/h4-12H,1-3H3. The minimum Gasteiger partial charge on any atom is -0.495 e. The minimum atomic E-state index is 0.344. The lowest BCUT2D eigenvalue weighted by Gasteiger charge is -2.10. The Morgan fingerprint density at radius 2 is 1.89 bits per heavy atom. The van der Waals surface area contributed by atoms with Crippen molar-refractivity contribution in [2.24, 2.45) is 7.05 Å². The van der Waals surface area contributed by atoms with Crippen molar-refractivity contribution in [2.45, 2.75) is 6.92 Å². The fourth-order valence-electron chi connectivity index (χ4n) is 2.79. The lowest BCUT2D eigenvalue weighted by Crippen LogP contribution is -1.97. The van der Waals surface area contributed by atoms with E-state index in [2.05, 4.69) is 15.1 Å². The number of aryl methyl sites for hydroxylation is 2. The zero-order chi connectivity index (χ0) is 19.7. The quantitative estimate of drug-likeness (QED) is 0.500. The number of ether oxygens (including phenoxy) is 2. The van der Waals surface area contributed by atoms with E-state index in [0.29, 0.717) is 28.4 Å². The van der Waals surface area contributed by atoms with Gasteiger partial charge >= 0.3 is 6.01 Å². The minimum absolute atomic E-state index is 0.344.